The van der Waals surface area contributed by atoms with Crippen molar-refractivity contribution in [3.63, 3.8) is 0 Å². The Morgan fingerprint density at radius 1 is 1.03 bits per heavy atom. The Hall–Kier alpha value is -4.34. The van der Waals surface area contributed by atoms with Crippen LogP contribution in [0.3, 0.4) is 0 Å². The fourth-order valence-corrected chi connectivity index (χ4v) is 5.97. The minimum Gasteiger partial charge on any atom is -0.399 e. The predicted octanol–water partition coefficient (Wildman–Crippen LogP) is 3.98. The van der Waals surface area contributed by atoms with Crippen LogP contribution in [0.2, 0.25) is 0 Å². The molecule has 2 atom stereocenters. The van der Waals surface area contributed by atoms with E-state index < -0.39 is 16.7 Å². The molecule has 6 nitrogen and oxygen atoms in total. The number of nitrogens with zero attached hydrogens (tertiary/aromatic N) is 4. The van der Waals surface area contributed by atoms with Crippen LogP contribution in [0.15, 0.2) is 77.5 Å². The van der Waals surface area contributed by atoms with E-state index in [0.717, 1.165) is 18.4 Å². The summed E-state index contributed by atoms with van der Waals surface area (Å²) in [4.78, 5) is 16.2. The highest BCUT2D eigenvalue weighted by molar-refractivity contribution is 6.11. The zero-order valence-corrected chi connectivity index (χ0v) is 18.0. The first-order valence-corrected chi connectivity index (χ1v) is 11.0. The van der Waals surface area contributed by atoms with E-state index in [0.29, 0.717) is 29.8 Å². The number of nitriles is 3. The summed E-state index contributed by atoms with van der Waals surface area (Å²) < 4.78 is 0. The summed E-state index contributed by atoms with van der Waals surface area (Å²) in [5, 5.41) is 30.9. The van der Waals surface area contributed by atoms with Gasteiger partial charge in [0.15, 0.2) is 0 Å². The van der Waals surface area contributed by atoms with Crippen molar-refractivity contribution in [3.8, 4) is 18.2 Å². The van der Waals surface area contributed by atoms with Crippen LogP contribution < -0.4 is 10.6 Å². The molecule has 2 aromatic carbocycles. The summed E-state index contributed by atoms with van der Waals surface area (Å²) in [7, 11) is 0. The molecule has 2 aliphatic carbocycles. The molecule has 3 aliphatic rings. The van der Waals surface area contributed by atoms with E-state index in [4.69, 9.17) is 5.73 Å². The van der Waals surface area contributed by atoms with Gasteiger partial charge < -0.3 is 10.6 Å². The van der Waals surface area contributed by atoms with E-state index in [-0.39, 0.29) is 17.2 Å². The lowest BCUT2D eigenvalue weighted by Crippen LogP contribution is -2.61. The third kappa shape index (κ3) is 2.43. The van der Waals surface area contributed by atoms with Gasteiger partial charge in [-0.25, -0.2) is 0 Å². The minimum absolute atomic E-state index is 0.121. The summed E-state index contributed by atoms with van der Waals surface area (Å²) >= 11 is 0. The third-order valence-corrected chi connectivity index (χ3v) is 7.35. The molecule has 1 heterocycles. The van der Waals surface area contributed by atoms with Crippen LogP contribution in [0.1, 0.15) is 30.4 Å². The van der Waals surface area contributed by atoms with Gasteiger partial charge in [-0.1, -0.05) is 54.6 Å². The molecule has 1 aliphatic heterocycles. The molecule has 6 heteroatoms. The number of carbonyl (C=O) groups is 1. The number of hydrogen-bond acceptors (Lipinski definition) is 5. The summed E-state index contributed by atoms with van der Waals surface area (Å²) in [6, 6.07) is 23.4. The number of nitrogens with two attached hydrogens (primary N) is 1. The Kier molecular flexibility index (Phi) is 4.59. The lowest BCUT2D eigenvalue weighted by molar-refractivity contribution is -0.127. The van der Waals surface area contributed by atoms with Gasteiger partial charge in [-0.05, 0) is 42.0 Å². The summed E-state index contributed by atoms with van der Waals surface area (Å²) in [6.07, 6.45) is 4.11. The van der Waals surface area contributed by atoms with E-state index in [1.165, 1.54) is 0 Å². The SMILES string of the molecule is N#CC1=C(N)C(C#N)(C#N)[C@]2(C(=O)N(Cc3ccccc3)c3ccccc32)[C@@H]2CCCC=C12. The van der Waals surface area contributed by atoms with Gasteiger partial charge in [-0.3, -0.25) is 4.79 Å². The molecular formula is C27H21N5O. The highest BCUT2D eigenvalue weighted by atomic mass is 16.2. The van der Waals surface area contributed by atoms with Crippen molar-refractivity contribution in [1.29, 1.82) is 15.8 Å². The minimum atomic E-state index is -1.99. The second-order valence-corrected chi connectivity index (χ2v) is 8.72. The van der Waals surface area contributed by atoms with Gasteiger partial charge in [0.25, 0.3) is 0 Å². The number of para-hydroxylation sites is 1. The summed E-state index contributed by atoms with van der Waals surface area (Å²) in [5.41, 5.74) is 5.95. The van der Waals surface area contributed by atoms with Gasteiger partial charge in [0.1, 0.15) is 11.5 Å². The molecule has 33 heavy (non-hydrogen) atoms. The standard InChI is InChI=1S/C27H21N5O/c28-14-20-19-10-4-5-11-21(19)27(26(16-29,17-30)24(20)31)22-12-6-7-13-23(22)32(25(27)33)15-18-8-2-1-3-9-18/h1-3,6-10,12-13,21H,4-5,11,15,31H2/t21-,27-/m1/s1. The highest BCUT2D eigenvalue weighted by Gasteiger charge is 2.72. The van der Waals surface area contributed by atoms with Crippen LogP contribution >= 0.6 is 0 Å². The fourth-order valence-electron chi connectivity index (χ4n) is 5.97. The predicted molar refractivity (Wildman–Crippen MR) is 122 cm³/mol. The smallest absolute Gasteiger partial charge is 0.241 e. The van der Waals surface area contributed by atoms with Crippen molar-refractivity contribution in [2.24, 2.45) is 17.1 Å². The number of amides is 1. The van der Waals surface area contributed by atoms with Crippen molar-refractivity contribution >= 4 is 11.6 Å². The van der Waals surface area contributed by atoms with E-state index >= 15 is 0 Å². The van der Waals surface area contributed by atoms with Gasteiger partial charge >= 0.3 is 0 Å². The molecule has 160 valence electrons. The molecular weight excluding hydrogens is 410 g/mol. The van der Waals surface area contributed by atoms with Gasteiger partial charge in [0, 0.05) is 11.6 Å². The molecule has 1 spiro atoms. The molecule has 1 amide bonds. The number of hydrogen-bond donors (Lipinski definition) is 1. The Balaban J connectivity index is 1.85. The van der Waals surface area contributed by atoms with Crippen LogP contribution in [-0.2, 0) is 16.8 Å². The zero-order chi connectivity index (χ0) is 23.2. The van der Waals surface area contributed by atoms with E-state index in [1.807, 2.05) is 60.7 Å². The number of rotatable bonds is 2. The molecule has 0 saturated heterocycles. The van der Waals surface area contributed by atoms with Crippen LogP contribution in [0.5, 0.6) is 0 Å². The number of benzene rings is 2. The quantitative estimate of drug-likeness (QED) is 0.772. The molecule has 5 rings (SSSR count). The second-order valence-electron chi connectivity index (χ2n) is 8.72. The average molecular weight is 431 g/mol. The van der Waals surface area contributed by atoms with Gasteiger partial charge in [0.05, 0.1) is 30.0 Å². The molecule has 2 N–H and O–H groups in total. The maximum atomic E-state index is 14.5. The van der Waals surface area contributed by atoms with Crippen LogP contribution in [0.25, 0.3) is 0 Å². The molecule has 0 unspecified atom stereocenters. The Labute approximate surface area is 192 Å². The highest BCUT2D eigenvalue weighted by Crippen LogP contribution is 2.64. The first kappa shape index (κ1) is 20.6. The summed E-state index contributed by atoms with van der Waals surface area (Å²) in [5.74, 6) is -0.796. The van der Waals surface area contributed by atoms with Crippen molar-refractivity contribution in [3.05, 3.63) is 88.6 Å². The van der Waals surface area contributed by atoms with Crippen LogP contribution in [0.4, 0.5) is 5.69 Å². The Morgan fingerprint density at radius 2 is 1.73 bits per heavy atom. The van der Waals surface area contributed by atoms with Crippen LogP contribution in [0, 0.1) is 45.3 Å². The van der Waals surface area contributed by atoms with Crippen LogP contribution in [-0.4, -0.2) is 5.91 Å². The maximum absolute atomic E-state index is 14.5. The Morgan fingerprint density at radius 3 is 2.42 bits per heavy atom. The van der Waals surface area contributed by atoms with Gasteiger partial charge in [-0.2, -0.15) is 15.8 Å². The van der Waals surface area contributed by atoms with Crippen molar-refractivity contribution in [2.75, 3.05) is 4.90 Å². The Bertz CT molecular complexity index is 1340. The number of fused-ring (bicyclic) bond motifs is 4. The molecule has 0 aromatic heterocycles. The van der Waals surface area contributed by atoms with Crippen molar-refractivity contribution in [2.45, 2.75) is 31.2 Å². The third-order valence-electron chi connectivity index (χ3n) is 7.35. The van der Waals surface area contributed by atoms with Gasteiger partial charge in [0.2, 0.25) is 11.3 Å². The molecule has 0 bridgehead atoms. The van der Waals surface area contributed by atoms with E-state index in [9.17, 15) is 20.6 Å². The van der Waals surface area contributed by atoms with E-state index in [2.05, 4.69) is 18.2 Å². The molecule has 0 saturated carbocycles. The number of allylic oxidation sites excluding steroid dienone is 4. The zero-order valence-electron chi connectivity index (χ0n) is 18.0. The lowest BCUT2D eigenvalue weighted by Gasteiger charge is -2.49. The molecule has 0 fully saturated rings. The largest absolute Gasteiger partial charge is 0.399 e. The first-order valence-electron chi connectivity index (χ1n) is 11.0. The average Bonchev–Trinajstić information content (AvgIpc) is 3.10. The monoisotopic (exact) mass is 431 g/mol. The molecule has 2 aromatic rings. The van der Waals surface area contributed by atoms with Crippen molar-refractivity contribution < 1.29 is 4.79 Å². The topological polar surface area (TPSA) is 118 Å². The normalized spacial score (nSPS) is 24.9. The number of carbonyl (C=O) groups excluding carboxylic acids is 1. The second kappa shape index (κ2) is 7.37. The van der Waals surface area contributed by atoms with E-state index in [1.54, 1.807) is 4.90 Å². The first-order chi connectivity index (χ1) is 16.1. The van der Waals surface area contributed by atoms with Gasteiger partial charge in [-0.15, -0.1) is 0 Å². The molecule has 0 radical (unpaired) electrons. The maximum Gasteiger partial charge on any atom is 0.241 e. The fraction of sp³-hybridized carbons (Fsp3) is 0.259. The number of anilines is 1. The lowest BCUT2D eigenvalue weighted by atomic mass is 9.47. The van der Waals surface area contributed by atoms with Crippen molar-refractivity contribution in [1.82, 2.24) is 0 Å². The summed E-state index contributed by atoms with van der Waals surface area (Å²) in [6.45, 7) is 0.311.